The summed E-state index contributed by atoms with van der Waals surface area (Å²) in [7, 11) is 0. The zero-order valence-corrected chi connectivity index (χ0v) is 17.9. The molecular formula is C14H10N2PbS4. The van der Waals surface area contributed by atoms with E-state index in [-0.39, 0.29) is 27.3 Å². The van der Waals surface area contributed by atoms with Crippen LogP contribution in [-0.4, -0.2) is 37.3 Å². The molecule has 0 aliphatic rings. The van der Waals surface area contributed by atoms with Gasteiger partial charge in [0.2, 0.25) is 0 Å². The van der Waals surface area contributed by atoms with Gasteiger partial charge in [-0.25, -0.2) is 0 Å². The second-order valence-corrected chi connectivity index (χ2v) is 7.46. The van der Waals surface area contributed by atoms with Crippen LogP contribution in [0.3, 0.4) is 0 Å². The van der Waals surface area contributed by atoms with Crippen LogP contribution in [0.1, 0.15) is 0 Å². The van der Waals surface area contributed by atoms with Gasteiger partial charge in [-0.15, -0.1) is 22.7 Å². The number of nitrogens with one attached hydrogen (secondary N) is 2. The van der Waals surface area contributed by atoms with Gasteiger partial charge in [0.05, 0.1) is 20.4 Å². The summed E-state index contributed by atoms with van der Waals surface area (Å²) in [5, 5.41) is 0. The molecule has 0 saturated heterocycles. The number of para-hydroxylation sites is 2. The number of H-pyrrole nitrogens is 2. The van der Waals surface area contributed by atoms with Gasteiger partial charge in [-0.2, -0.15) is 0 Å². The summed E-state index contributed by atoms with van der Waals surface area (Å²) in [5.41, 5.74) is 2.27. The molecular weight excluding hydrogens is 532 g/mol. The Morgan fingerprint density at radius 3 is 1.43 bits per heavy atom. The van der Waals surface area contributed by atoms with Gasteiger partial charge in [0.25, 0.3) is 0 Å². The molecule has 2 heterocycles. The second kappa shape index (κ2) is 7.73. The van der Waals surface area contributed by atoms with Crippen molar-refractivity contribution in [3.63, 3.8) is 0 Å². The minimum Gasteiger partial charge on any atom is -0.337 e. The molecule has 2 nitrogen and oxygen atoms in total. The van der Waals surface area contributed by atoms with Crippen molar-refractivity contribution < 1.29 is 0 Å². The summed E-state index contributed by atoms with van der Waals surface area (Å²) in [5.74, 6) is 0. The number of aromatic nitrogens is 2. The maximum atomic E-state index is 4.98. The topological polar surface area (TPSA) is 31.6 Å². The van der Waals surface area contributed by atoms with Crippen LogP contribution >= 0.6 is 47.1 Å². The Hall–Kier alpha value is -0.418. The Balaban J connectivity index is 0.000000147. The molecule has 0 unspecified atom stereocenters. The number of fused-ring (bicyclic) bond motifs is 2. The van der Waals surface area contributed by atoms with Crippen molar-refractivity contribution in [3.05, 3.63) is 56.4 Å². The molecule has 4 rings (SSSR count). The Kier molecular flexibility index (Phi) is 6.23. The van der Waals surface area contributed by atoms with Gasteiger partial charge < -0.3 is 9.97 Å². The van der Waals surface area contributed by atoms with E-state index < -0.39 is 0 Å². The van der Waals surface area contributed by atoms with Crippen LogP contribution < -0.4 is 0 Å². The number of benzene rings is 2. The molecule has 0 spiro atoms. The standard InChI is InChI=1S/2C7H5NS2.Pb/c2*9-7-8-5-3-1-2-4-6(5)10-7;/h2*1-4H,(H,8,9);. The van der Waals surface area contributed by atoms with E-state index in [1.807, 2.05) is 36.4 Å². The number of hydrogen-bond acceptors (Lipinski definition) is 4. The third-order valence-corrected chi connectivity index (χ3v) is 5.08. The second-order valence-electron chi connectivity index (χ2n) is 4.02. The van der Waals surface area contributed by atoms with Gasteiger partial charge in [-0.05, 0) is 48.7 Å². The molecule has 2 N–H and O–H groups in total. The SMILES string of the molecule is S=c1[nH]c2ccccc2s1.S=c1[nH]c2ccccc2s1.[Pb]. The van der Waals surface area contributed by atoms with Crippen molar-refractivity contribution in [1.82, 2.24) is 9.97 Å². The zero-order valence-electron chi connectivity index (χ0n) is 10.8. The van der Waals surface area contributed by atoms with E-state index in [4.69, 9.17) is 24.4 Å². The summed E-state index contributed by atoms with van der Waals surface area (Å²) >= 11 is 13.2. The van der Waals surface area contributed by atoms with E-state index >= 15 is 0 Å². The predicted molar refractivity (Wildman–Crippen MR) is 99.8 cm³/mol. The van der Waals surface area contributed by atoms with Gasteiger partial charge in [0.1, 0.15) is 0 Å². The maximum Gasteiger partial charge on any atom is 0.159 e. The van der Waals surface area contributed by atoms with Crippen molar-refractivity contribution >= 4 is 94.8 Å². The van der Waals surface area contributed by atoms with E-state index in [0.29, 0.717) is 0 Å². The van der Waals surface area contributed by atoms with Gasteiger partial charge in [0, 0.05) is 27.3 Å². The van der Waals surface area contributed by atoms with Crippen LogP contribution in [0.15, 0.2) is 48.5 Å². The van der Waals surface area contributed by atoms with Gasteiger partial charge >= 0.3 is 0 Å². The van der Waals surface area contributed by atoms with Crippen LogP contribution in [0.5, 0.6) is 0 Å². The Bertz CT molecular complexity index is 812. The first-order valence-corrected chi connectivity index (χ1v) is 8.33. The first-order chi connectivity index (χ1) is 9.72. The van der Waals surface area contributed by atoms with Crippen LogP contribution in [0.25, 0.3) is 20.4 Å². The average Bonchev–Trinajstić information content (AvgIpc) is 2.99. The first-order valence-electron chi connectivity index (χ1n) is 5.88. The van der Waals surface area contributed by atoms with Crippen molar-refractivity contribution in [2.24, 2.45) is 0 Å². The van der Waals surface area contributed by atoms with E-state index in [2.05, 4.69) is 22.1 Å². The van der Waals surface area contributed by atoms with Gasteiger partial charge in [-0.3, -0.25) is 0 Å². The van der Waals surface area contributed by atoms with Crippen molar-refractivity contribution in [3.8, 4) is 0 Å². The summed E-state index contributed by atoms with van der Waals surface area (Å²) in [6.07, 6.45) is 0. The molecule has 0 amide bonds. The predicted octanol–water partition coefficient (Wildman–Crippen LogP) is 5.54. The van der Waals surface area contributed by atoms with Crippen LogP contribution in [0.2, 0.25) is 0 Å². The maximum absolute atomic E-state index is 4.98. The summed E-state index contributed by atoms with van der Waals surface area (Å²) in [4.78, 5) is 6.18. The van der Waals surface area contributed by atoms with Gasteiger partial charge in [-0.1, -0.05) is 24.3 Å². The quantitative estimate of drug-likeness (QED) is 0.226. The number of aromatic amines is 2. The number of thiazole rings is 2. The Labute approximate surface area is 160 Å². The fourth-order valence-corrected chi connectivity index (χ4v) is 4.02. The summed E-state index contributed by atoms with van der Waals surface area (Å²) in [6, 6.07) is 16.2. The molecule has 0 aliphatic heterocycles. The monoisotopic (exact) mass is 542 g/mol. The molecule has 2 aromatic carbocycles. The Morgan fingerprint density at radius 2 is 1.05 bits per heavy atom. The van der Waals surface area contributed by atoms with Gasteiger partial charge in [0.15, 0.2) is 7.91 Å². The third-order valence-electron chi connectivity index (χ3n) is 2.65. The normalized spacial score (nSPS) is 9.90. The molecule has 0 atom stereocenters. The molecule has 7 heteroatoms. The van der Waals surface area contributed by atoms with Crippen molar-refractivity contribution in [2.45, 2.75) is 0 Å². The van der Waals surface area contributed by atoms with E-state index in [1.54, 1.807) is 22.7 Å². The van der Waals surface area contributed by atoms with Crippen LogP contribution in [0.4, 0.5) is 0 Å². The van der Waals surface area contributed by atoms with Crippen LogP contribution in [-0.2, 0) is 0 Å². The molecule has 0 saturated carbocycles. The molecule has 0 aliphatic carbocycles. The smallest absolute Gasteiger partial charge is 0.159 e. The fourth-order valence-electron chi connectivity index (χ4n) is 1.79. The third kappa shape index (κ3) is 4.29. The molecule has 21 heavy (non-hydrogen) atoms. The van der Waals surface area contributed by atoms with E-state index in [0.717, 1.165) is 18.9 Å². The number of rotatable bonds is 0. The summed E-state index contributed by atoms with van der Waals surface area (Å²) < 4.78 is 4.16. The van der Waals surface area contributed by atoms with E-state index in [1.165, 1.54) is 9.40 Å². The molecule has 4 aromatic rings. The molecule has 0 fully saturated rings. The van der Waals surface area contributed by atoms with Crippen molar-refractivity contribution in [1.29, 1.82) is 0 Å². The van der Waals surface area contributed by atoms with Crippen molar-refractivity contribution in [2.75, 3.05) is 0 Å². The molecule has 0 bridgehead atoms. The molecule has 4 radical (unpaired) electrons. The summed E-state index contributed by atoms with van der Waals surface area (Å²) in [6.45, 7) is 0. The fraction of sp³-hybridized carbons (Fsp3) is 0. The van der Waals surface area contributed by atoms with E-state index in [9.17, 15) is 0 Å². The minimum atomic E-state index is 0. The number of hydrogen-bond donors (Lipinski definition) is 2. The Morgan fingerprint density at radius 1 is 0.667 bits per heavy atom. The molecule has 104 valence electrons. The van der Waals surface area contributed by atoms with Crippen LogP contribution in [0, 0.1) is 7.91 Å². The first kappa shape index (κ1) is 16.9. The largest absolute Gasteiger partial charge is 0.337 e. The minimum absolute atomic E-state index is 0. The average molecular weight is 542 g/mol. The molecule has 2 aromatic heterocycles. The zero-order chi connectivity index (χ0) is 13.9.